The number of carbonyl (C=O) groups is 4. The van der Waals surface area contributed by atoms with Crippen LogP contribution in [0.2, 0.25) is 0 Å². The number of nitrogens with zero attached hydrogens (tertiary/aromatic N) is 5. The number of alkyl halides is 2. The number of furan rings is 1. The maximum atomic E-state index is 15.5. The molecule has 2 saturated carbocycles. The van der Waals surface area contributed by atoms with Gasteiger partial charge in [0.1, 0.15) is 17.4 Å². The summed E-state index contributed by atoms with van der Waals surface area (Å²) in [4.78, 5) is 68.1. The molecule has 0 spiro atoms. The van der Waals surface area contributed by atoms with Crippen LogP contribution in [-0.2, 0) is 31.5 Å². The third kappa shape index (κ3) is 8.40. The summed E-state index contributed by atoms with van der Waals surface area (Å²) in [7, 11) is -2.40. The van der Waals surface area contributed by atoms with E-state index in [1.165, 1.54) is 9.58 Å². The first-order chi connectivity index (χ1) is 29.2. The van der Waals surface area contributed by atoms with Crippen LogP contribution in [0.5, 0.6) is 5.88 Å². The van der Waals surface area contributed by atoms with Crippen molar-refractivity contribution in [1.82, 2.24) is 29.4 Å². The number of fused-ring (bicyclic) bond motifs is 4. The summed E-state index contributed by atoms with van der Waals surface area (Å²) < 4.78 is 73.4. The number of ether oxygens (including phenoxy) is 1. The Morgan fingerprint density at radius 3 is 2.46 bits per heavy atom. The number of hydrogen-bond donors (Lipinski definition) is 1. The number of sulfonamides is 1. The molecule has 61 heavy (non-hydrogen) atoms. The van der Waals surface area contributed by atoms with Crippen molar-refractivity contribution in [3.63, 3.8) is 0 Å². The van der Waals surface area contributed by atoms with E-state index in [1.807, 2.05) is 36.4 Å². The summed E-state index contributed by atoms with van der Waals surface area (Å²) in [6, 6.07) is 16.8. The van der Waals surface area contributed by atoms with Crippen LogP contribution >= 0.6 is 0 Å². The SMILES string of the molecule is Cn1ccc(C(=O)C[C@H]2CCCCCC(F)(F)C[C@@H]3C[C@@]3(C(=O)NS(=O)(=O)C3CC3)CC(=O)[C@@H]3C[C@@H](Oc4nc5ccccc5nc4-c4cc5ccccc5o4)CN3C2=O)n1. The van der Waals surface area contributed by atoms with Gasteiger partial charge in [-0.15, -0.1) is 0 Å². The molecule has 5 aromatic rings. The number of aryl methyl sites for hydroxylation is 1. The Bertz CT molecular complexity index is 2630. The number of amides is 2. The Morgan fingerprint density at radius 1 is 0.967 bits per heavy atom. The largest absolute Gasteiger partial charge is 0.471 e. The Kier molecular flexibility index (Phi) is 10.5. The molecule has 2 aliphatic heterocycles. The molecule has 5 heterocycles. The molecule has 2 saturated heterocycles. The molecule has 2 aromatic carbocycles. The van der Waals surface area contributed by atoms with Crippen molar-refractivity contribution in [2.45, 2.75) is 100 Å². The molecule has 0 radical (unpaired) electrons. The smallest absolute Gasteiger partial charge is 0.248 e. The second-order valence-electron chi connectivity index (χ2n) is 17.2. The summed E-state index contributed by atoms with van der Waals surface area (Å²) in [5.41, 5.74) is 0.478. The fourth-order valence-electron chi connectivity index (χ4n) is 9.11. The van der Waals surface area contributed by atoms with E-state index in [-0.39, 0.29) is 56.0 Å². The van der Waals surface area contributed by atoms with Gasteiger partial charge in [0.15, 0.2) is 23.0 Å². The second-order valence-corrected chi connectivity index (χ2v) is 19.2. The van der Waals surface area contributed by atoms with Gasteiger partial charge in [-0.3, -0.25) is 28.6 Å². The summed E-state index contributed by atoms with van der Waals surface area (Å²) in [6.45, 7) is -0.103. The van der Waals surface area contributed by atoms with Gasteiger partial charge < -0.3 is 14.1 Å². The number of nitrogens with one attached hydrogen (secondary N) is 1. The fraction of sp³-hybridized carbons (Fsp3) is 0.477. The van der Waals surface area contributed by atoms with E-state index in [1.54, 1.807) is 37.5 Å². The molecule has 14 nitrogen and oxygen atoms in total. The highest BCUT2D eigenvalue weighted by atomic mass is 32.2. The van der Waals surface area contributed by atoms with E-state index in [2.05, 4.69) is 9.82 Å². The van der Waals surface area contributed by atoms with Gasteiger partial charge in [-0.1, -0.05) is 43.2 Å². The molecule has 17 heteroatoms. The molecule has 2 aliphatic carbocycles. The number of Topliss-reactive ketones (excluding diaryl/α,β-unsaturated/α-hetero) is 2. The Balaban J connectivity index is 1.07. The standard InChI is InChI=1S/C44H46F2N6O8S/c1-51-18-16-33(49-51)35(53)19-27-10-3-2-8-17-44(45,46)23-28-22-43(28,42(56)50-61(57,58)30-14-15-30)24-36(54)34-21-29(25-52(34)41(27)55)59-40-39(47-31-11-5-6-12-32(31)48-40)38-20-26-9-4-7-13-37(26)60-38/h4-7,9,11-13,16,18,20,27-30,34H,2-3,8,10,14-15,17,19,21-25H2,1H3,(H,50,56)/t27-,28+,29-,34+,43-/m1/s1. The summed E-state index contributed by atoms with van der Waals surface area (Å²) in [5.74, 6) is -7.00. The molecule has 4 fully saturated rings. The van der Waals surface area contributed by atoms with Crippen LogP contribution in [0.4, 0.5) is 8.78 Å². The van der Waals surface area contributed by atoms with E-state index < -0.39 is 87.5 Å². The third-order valence-electron chi connectivity index (χ3n) is 12.7. The van der Waals surface area contributed by atoms with Crippen LogP contribution in [0.15, 0.2) is 71.3 Å². The highest BCUT2D eigenvalue weighted by Gasteiger charge is 2.64. The molecule has 3 aromatic heterocycles. The fourth-order valence-corrected chi connectivity index (χ4v) is 10.5. The quantitative estimate of drug-likeness (QED) is 0.158. The van der Waals surface area contributed by atoms with Crippen molar-refractivity contribution < 1.29 is 45.5 Å². The Hall–Kier alpha value is -5.58. The van der Waals surface area contributed by atoms with Crippen molar-refractivity contribution >= 4 is 55.4 Å². The lowest BCUT2D eigenvalue weighted by Gasteiger charge is -2.29. The number of hydrogen-bond acceptors (Lipinski definition) is 11. The van der Waals surface area contributed by atoms with Gasteiger partial charge in [0.2, 0.25) is 33.6 Å². The number of benzene rings is 2. The predicted molar refractivity (Wildman–Crippen MR) is 218 cm³/mol. The van der Waals surface area contributed by atoms with Gasteiger partial charge in [0, 0.05) is 56.7 Å². The van der Waals surface area contributed by atoms with Gasteiger partial charge in [0.25, 0.3) is 0 Å². The van der Waals surface area contributed by atoms with Gasteiger partial charge in [-0.2, -0.15) is 5.10 Å². The van der Waals surface area contributed by atoms with Crippen LogP contribution in [-0.4, -0.2) is 86.3 Å². The van der Waals surface area contributed by atoms with E-state index in [9.17, 15) is 27.6 Å². The molecule has 1 N–H and O–H groups in total. The third-order valence-corrected chi connectivity index (χ3v) is 14.5. The number of aromatic nitrogens is 4. The average molecular weight is 857 g/mol. The molecule has 2 amide bonds. The topological polar surface area (TPSA) is 184 Å². The first kappa shape index (κ1) is 40.8. The zero-order valence-electron chi connectivity index (χ0n) is 33.6. The van der Waals surface area contributed by atoms with E-state index >= 15 is 8.78 Å². The molecule has 4 aliphatic rings. The zero-order chi connectivity index (χ0) is 42.7. The normalized spacial score (nSPS) is 26.0. The molecule has 0 bridgehead atoms. The lowest BCUT2D eigenvalue weighted by molar-refractivity contribution is -0.142. The summed E-state index contributed by atoms with van der Waals surface area (Å²) in [5, 5.41) is 4.29. The van der Waals surface area contributed by atoms with Gasteiger partial charge in [-0.05, 0) is 68.4 Å². The van der Waals surface area contributed by atoms with Gasteiger partial charge >= 0.3 is 0 Å². The van der Waals surface area contributed by atoms with Crippen LogP contribution in [0.1, 0.15) is 87.5 Å². The van der Waals surface area contributed by atoms with Gasteiger partial charge in [-0.25, -0.2) is 27.2 Å². The number of rotatable bonds is 9. The van der Waals surface area contributed by atoms with Crippen LogP contribution in [0.3, 0.4) is 0 Å². The number of ketones is 2. The maximum Gasteiger partial charge on any atom is 0.248 e. The van der Waals surface area contributed by atoms with E-state index in [0.717, 1.165) is 5.39 Å². The molecular weight excluding hydrogens is 811 g/mol. The average Bonchev–Trinajstić information content (AvgIpc) is 4.03. The molecule has 5 atom stereocenters. The van der Waals surface area contributed by atoms with Crippen molar-refractivity contribution in [1.29, 1.82) is 0 Å². The number of halogens is 2. The van der Waals surface area contributed by atoms with Crippen LogP contribution in [0, 0.1) is 17.3 Å². The Morgan fingerprint density at radius 2 is 1.72 bits per heavy atom. The minimum atomic E-state index is -4.06. The van der Waals surface area contributed by atoms with Gasteiger partial charge in [0.05, 0.1) is 34.3 Å². The predicted octanol–water partition coefficient (Wildman–Crippen LogP) is 6.58. The maximum absolute atomic E-state index is 15.5. The molecule has 9 rings (SSSR count). The van der Waals surface area contributed by atoms with Crippen LogP contribution in [0.25, 0.3) is 33.5 Å². The minimum absolute atomic E-state index is 0.0571. The highest BCUT2D eigenvalue weighted by molar-refractivity contribution is 7.90. The van der Waals surface area contributed by atoms with Crippen molar-refractivity contribution in [3.05, 3.63) is 72.6 Å². The monoisotopic (exact) mass is 856 g/mol. The lowest BCUT2D eigenvalue weighted by atomic mass is 9.89. The highest BCUT2D eigenvalue weighted by Crippen LogP contribution is 2.60. The number of para-hydroxylation sites is 3. The molecular formula is C44H46F2N6O8S. The molecule has 320 valence electrons. The summed E-state index contributed by atoms with van der Waals surface area (Å²) >= 11 is 0. The van der Waals surface area contributed by atoms with Crippen LogP contribution < -0.4 is 9.46 Å². The first-order valence-electron chi connectivity index (χ1n) is 20.9. The zero-order valence-corrected chi connectivity index (χ0v) is 34.4. The van der Waals surface area contributed by atoms with E-state index in [4.69, 9.17) is 19.1 Å². The molecule has 0 unspecified atom stereocenters. The Labute approximate surface area is 350 Å². The minimum Gasteiger partial charge on any atom is -0.471 e. The first-order valence-corrected chi connectivity index (χ1v) is 22.4. The van der Waals surface area contributed by atoms with E-state index in [0.29, 0.717) is 53.8 Å². The van der Waals surface area contributed by atoms with Crippen molar-refractivity contribution in [2.75, 3.05) is 6.54 Å². The van der Waals surface area contributed by atoms with Crippen molar-refractivity contribution in [3.8, 4) is 17.3 Å². The summed E-state index contributed by atoms with van der Waals surface area (Å²) in [6.07, 6.45) is 0.487. The second kappa shape index (κ2) is 15.7. The number of carbonyl (C=O) groups excluding carboxylic acids is 4. The van der Waals surface area contributed by atoms with Crippen molar-refractivity contribution in [2.24, 2.45) is 24.3 Å². The lowest BCUT2D eigenvalue weighted by Crippen LogP contribution is -2.46.